The van der Waals surface area contributed by atoms with Gasteiger partial charge in [0.15, 0.2) is 11.5 Å². The predicted octanol–water partition coefficient (Wildman–Crippen LogP) is 2.38. The molecule has 0 radical (unpaired) electrons. The standard InChI is InChI=1S/C16H18N2O5/c1-10-12(7-8-23-10)16(19)18-17-9-11-5-6-13(20-2)15(22-4)14(11)21-3/h5-9H,1-4H3,(H,18,19)/b17-9+. The zero-order valence-corrected chi connectivity index (χ0v) is 13.4. The van der Waals surface area contributed by atoms with Crippen molar-refractivity contribution >= 4 is 12.1 Å². The summed E-state index contributed by atoms with van der Waals surface area (Å²) >= 11 is 0. The number of methoxy groups -OCH3 is 3. The van der Waals surface area contributed by atoms with Crippen molar-refractivity contribution in [2.24, 2.45) is 5.10 Å². The van der Waals surface area contributed by atoms with Gasteiger partial charge in [-0.25, -0.2) is 5.43 Å². The molecule has 2 rings (SSSR count). The van der Waals surface area contributed by atoms with E-state index in [2.05, 4.69) is 10.5 Å². The Hall–Kier alpha value is -2.96. The number of carbonyl (C=O) groups excluding carboxylic acids is 1. The van der Waals surface area contributed by atoms with Gasteiger partial charge in [0.2, 0.25) is 5.75 Å². The van der Waals surface area contributed by atoms with Gasteiger partial charge in [0.1, 0.15) is 5.76 Å². The number of carbonyl (C=O) groups is 1. The van der Waals surface area contributed by atoms with Gasteiger partial charge >= 0.3 is 0 Å². The summed E-state index contributed by atoms with van der Waals surface area (Å²) in [5, 5.41) is 3.94. The van der Waals surface area contributed by atoms with Crippen molar-refractivity contribution in [3.05, 3.63) is 41.3 Å². The molecule has 0 aliphatic rings. The van der Waals surface area contributed by atoms with E-state index in [-0.39, 0.29) is 5.91 Å². The summed E-state index contributed by atoms with van der Waals surface area (Å²) in [6.45, 7) is 1.70. The number of amides is 1. The molecule has 7 heteroatoms. The zero-order valence-electron chi connectivity index (χ0n) is 13.4. The summed E-state index contributed by atoms with van der Waals surface area (Å²) in [5.41, 5.74) is 3.50. The fraction of sp³-hybridized carbons (Fsp3) is 0.250. The van der Waals surface area contributed by atoms with Crippen molar-refractivity contribution in [1.29, 1.82) is 0 Å². The molecule has 1 heterocycles. The lowest BCUT2D eigenvalue weighted by Gasteiger charge is -2.13. The first-order valence-corrected chi connectivity index (χ1v) is 6.78. The molecule has 0 spiro atoms. The summed E-state index contributed by atoms with van der Waals surface area (Å²) in [7, 11) is 4.57. The van der Waals surface area contributed by atoms with Gasteiger partial charge < -0.3 is 18.6 Å². The van der Waals surface area contributed by atoms with Crippen LogP contribution in [-0.4, -0.2) is 33.5 Å². The summed E-state index contributed by atoms with van der Waals surface area (Å²) < 4.78 is 20.9. The highest BCUT2D eigenvalue weighted by molar-refractivity contribution is 5.96. The van der Waals surface area contributed by atoms with Crippen LogP contribution in [0.1, 0.15) is 21.7 Å². The van der Waals surface area contributed by atoms with E-state index in [1.165, 1.54) is 26.7 Å². The number of nitrogens with one attached hydrogen (secondary N) is 1. The number of rotatable bonds is 6. The lowest BCUT2D eigenvalue weighted by atomic mass is 10.2. The van der Waals surface area contributed by atoms with E-state index in [0.29, 0.717) is 34.1 Å². The van der Waals surface area contributed by atoms with Crippen molar-refractivity contribution in [2.45, 2.75) is 6.92 Å². The van der Waals surface area contributed by atoms with Gasteiger partial charge in [-0.1, -0.05) is 0 Å². The van der Waals surface area contributed by atoms with Gasteiger partial charge in [-0.15, -0.1) is 0 Å². The molecule has 0 saturated heterocycles. The monoisotopic (exact) mass is 318 g/mol. The first kappa shape index (κ1) is 16.4. The maximum absolute atomic E-state index is 11.9. The zero-order chi connectivity index (χ0) is 16.8. The van der Waals surface area contributed by atoms with Gasteiger partial charge in [0.25, 0.3) is 5.91 Å². The van der Waals surface area contributed by atoms with Crippen LogP contribution in [0.5, 0.6) is 17.2 Å². The lowest BCUT2D eigenvalue weighted by Crippen LogP contribution is -2.17. The molecule has 0 bridgehead atoms. The molecule has 1 N–H and O–H groups in total. The highest BCUT2D eigenvalue weighted by Gasteiger charge is 2.15. The molecular weight excluding hydrogens is 300 g/mol. The molecule has 1 amide bonds. The number of furan rings is 1. The number of aryl methyl sites for hydroxylation is 1. The maximum atomic E-state index is 11.9. The summed E-state index contributed by atoms with van der Waals surface area (Å²) in [6.07, 6.45) is 2.92. The molecule has 0 atom stereocenters. The van der Waals surface area contributed by atoms with Crippen LogP contribution in [0.2, 0.25) is 0 Å². The third-order valence-electron chi connectivity index (χ3n) is 3.21. The van der Waals surface area contributed by atoms with Crippen molar-refractivity contribution in [1.82, 2.24) is 5.43 Å². The van der Waals surface area contributed by atoms with Crippen molar-refractivity contribution in [3.63, 3.8) is 0 Å². The van der Waals surface area contributed by atoms with E-state index < -0.39 is 0 Å². The van der Waals surface area contributed by atoms with Crippen molar-refractivity contribution in [3.8, 4) is 17.2 Å². The van der Waals surface area contributed by atoms with Crippen LogP contribution in [0.25, 0.3) is 0 Å². The van der Waals surface area contributed by atoms with Gasteiger partial charge in [-0.2, -0.15) is 5.10 Å². The summed E-state index contributed by atoms with van der Waals surface area (Å²) in [4.78, 5) is 11.9. The molecule has 1 aromatic carbocycles. The molecule has 122 valence electrons. The van der Waals surface area contributed by atoms with Gasteiger partial charge in [-0.3, -0.25) is 4.79 Å². The minimum Gasteiger partial charge on any atom is -0.493 e. The van der Waals surface area contributed by atoms with Gasteiger partial charge in [-0.05, 0) is 25.1 Å². The number of hydrogen-bond acceptors (Lipinski definition) is 6. The van der Waals surface area contributed by atoms with Crippen LogP contribution in [0.15, 0.2) is 34.0 Å². The van der Waals surface area contributed by atoms with Gasteiger partial charge in [0, 0.05) is 5.56 Å². The fourth-order valence-corrected chi connectivity index (χ4v) is 2.07. The minimum absolute atomic E-state index is 0.355. The third kappa shape index (κ3) is 3.45. The number of nitrogens with zero attached hydrogens (tertiary/aromatic N) is 1. The molecule has 1 aromatic heterocycles. The Balaban J connectivity index is 2.19. The normalized spacial score (nSPS) is 10.6. The Kier molecular flexibility index (Phi) is 5.24. The highest BCUT2D eigenvalue weighted by atomic mass is 16.5. The Labute approximate surface area is 133 Å². The molecule has 7 nitrogen and oxygen atoms in total. The van der Waals surface area contributed by atoms with E-state index in [4.69, 9.17) is 18.6 Å². The van der Waals surface area contributed by atoms with Crippen LogP contribution in [0.3, 0.4) is 0 Å². The molecule has 0 saturated carbocycles. The largest absolute Gasteiger partial charge is 0.493 e. The number of hydrazone groups is 1. The van der Waals surface area contributed by atoms with E-state index in [9.17, 15) is 4.79 Å². The average Bonchev–Trinajstić information content (AvgIpc) is 3.00. The third-order valence-corrected chi connectivity index (χ3v) is 3.21. The topological polar surface area (TPSA) is 82.3 Å². The van der Waals surface area contributed by atoms with Crippen LogP contribution in [-0.2, 0) is 0 Å². The van der Waals surface area contributed by atoms with E-state index in [1.54, 1.807) is 32.2 Å². The summed E-state index contributed by atoms with van der Waals surface area (Å²) in [6, 6.07) is 5.06. The van der Waals surface area contributed by atoms with Gasteiger partial charge in [0.05, 0.1) is 39.4 Å². The lowest BCUT2D eigenvalue weighted by molar-refractivity contribution is 0.0953. The highest BCUT2D eigenvalue weighted by Crippen LogP contribution is 2.38. The Morgan fingerprint density at radius 3 is 2.43 bits per heavy atom. The molecule has 0 aliphatic heterocycles. The van der Waals surface area contributed by atoms with Crippen molar-refractivity contribution < 1.29 is 23.4 Å². The number of hydrogen-bond donors (Lipinski definition) is 1. The van der Waals surface area contributed by atoms with Crippen molar-refractivity contribution in [2.75, 3.05) is 21.3 Å². The maximum Gasteiger partial charge on any atom is 0.274 e. The quantitative estimate of drug-likeness (QED) is 0.653. The molecule has 2 aromatic rings. The Morgan fingerprint density at radius 2 is 1.87 bits per heavy atom. The molecule has 23 heavy (non-hydrogen) atoms. The van der Waals surface area contributed by atoms with E-state index >= 15 is 0 Å². The SMILES string of the molecule is COc1ccc(/C=N/NC(=O)c2ccoc2C)c(OC)c1OC. The second kappa shape index (κ2) is 7.35. The average molecular weight is 318 g/mol. The van der Waals surface area contributed by atoms with Crippen LogP contribution >= 0.6 is 0 Å². The minimum atomic E-state index is -0.355. The van der Waals surface area contributed by atoms with Crippen LogP contribution in [0, 0.1) is 6.92 Å². The number of ether oxygens (including phenoxy) is 3. The second-order valence-corrected chi connectivity index (χ2v) is 4.51. The second-order valence-electron chi connectivity index (χ2n) is 4.51. The van der Waals surface area contributed by atoms with E-state index in [1.807, 2.05) is 0 Å². The Bertz CT molecular complexity index is 721. The molecular formula is C16H18N2O5. The summed E-state index contributed by atoms with van der Waals surface area (Å²) in [5.74, 6) is 1.63. The first-order valence-electron chi connectivity index (χ1n) is 6.78. The molecule has 0 unspecified atom stereocenters. The molecule has 0 fully saturated rings. The fourth-order valence-electron chi connectivity index (χ4n) is 2.07. The van der Waals surface area contributed by atoms with Crippen LogP contribution < -0.4 is 19.6 Å². The van der Waals surface area contributed by atoms with Crippen LogP contribution in [0.4, 0.5) is 0 Å². The first-order chi connectivity index (χ1) is 11.1. The number of benzene rings is 1. The Morgan fingerprint density at radius 1 is 1.13 bits per heavy atom. The smallest absolute Gasteiger partial charge is 0.274 e. The van der Waals surface area contributed by atoms with E-state index in [0.717, 1.165) is 0 Å². The predicted molar refractivity (Wildman–Crippen MR) is 84.6 cm³/mol. The molecule has 0 aliphatic carbocycles.